The van der Waals surface area contributed by atoms with Gasteiger partial charge in [0.1, 0.15) is 0 Å². The van der Waals surface area contributed by atoms with Crippen molar-refractivity contribution in [2.24, 2.45) is 17.6 Å². The van der Waals surface area contributed by atoms with Crippen molar-refractivity contribution in [2.45, 2.75) is 19.0 Å². The molecule has 2 N–H and O–H groups in total. The quantitative estimate of drug-likeness (QED) is 0.491. The van der Waals surface area contributed by atoms with Gasteiger partial charge in [0.2, 0.25) is 0 Å². The maximum absolute atomic E-state index is 5.80. The van der Waals surface area contributed by atoms with Gasteiger partial charge in [-0.05, 0) is 25.8 Å². The van der Waals surface area contributed by atoms with E-state index in [2.05, 4.69) is 18.9 Å². The molecule has 2 aliphatic rings. The topological polar surface area (TPSA) is 29.3 Å². The molecule has 2 fully saturated rings. The van der Waals surface area contributed by atoms with E-state index in [0.29, 0.717) is 6.04 Å². The second-order valence-electron chi connectivity index (χ2n) is 3.50. The Morgan fingerprint density at radius 3 is 2.56 bits per heavy atom. The van der Waals surface area contributed by atoms with Gasteiger partial charge in [-0.2, -0.15) is 0 Å². The molecule has 2 heteroatoms. The van der Waals surface area contributed by atoms with Crippen LogP contribution in [0.2, 0.25) is 0 Å². The van der Waals surface area contributed by atoms with Crippen LogP contribution >= 0.6 is 0 Å². The number of rotatable bonds is 0. The van der Waals surface area contributed by atoms with Gasteiger partial charge in [0, 0.05) is 18.6 Å². The Labute approximate surface area is 56.0 Å². The van der Waals surface area contributed by atoms with Crippen molar-refractivity contribution in [3.63, 3.8) is 0 Å². The molecule has 0 radical (unpaired) electrons. The lowest BCUT2D eigenvalue weighted by Gasteiger charge is -2.18. The molecule has 2 nitrogen and oxygen atoms in total. The van der Waals surface area contributed by atoms with Gasteiger partial charge in [-0.3, -0.25) is 0 Å². The van der Waals surface area contributed by atoms with E-state index in [-0.39, 0.29) is 0 Å². The van der Waals surface area contributed by atoms with E-state index in [9.17, 15) is 0 Å². The van der Waals surface area contributed by atoms with Crippen LogP contribution in [0.1, 0.15) is 6.92 Å². The van der Waals surface area contributed by atoms with Crippen LogP contribution in [0.5, 0.6) is 0 Å². The molecule has 1 saturated carbocycles. The first-order valence-corrected chi connectivity index (χ1v) is 3.67. The van der Waals surface area contributed by atoms with E-state index < -0.39 is 0 Å². The van der Waals surface area contributed by atoms with Crippen LogP contribution in [0.25, 0.3) is 0 Å². The molecule has 0 spiro atoms. The zero-order valence-electron chi connectivity index (χ0n) is 6.04. The summed E-state index contributed by atoms with van der Waals surface area (Å²) in [4.78, 5) is 2.40. The lowest BCUT2D eigenvalue weighted by molar-refractivity contribution is 0.279. The summed E-state index contributed by atoms with van der Waals surface area (Å²) >= 11 is 0. The maximum Gasteiger partial charge on any atom is 0.0130 e. The Bertz CT molecular complexity index is 135. The van der Waals surface area contributed by atoms with E-state index in [0.717, 1.165) is 17.9 Å². The number of fused-ring (bicyclic) bond motifs is 1. The number of nitrogens with zero attached hydrogens (tertiary/aromatic N) is 1. The summed E-state index contributed by atoms with van der Waals surface area (Å²) in [6.07, 6.45) is 0. The number of hydrogen-bond donors (Lipinski definition) is 1. The third-order valence-electron chi connectivity index (χ3n) is 3.04. The van der Waals surface area contributed by atoms with Crippen LogP contribution in [0, 0.1) is 11.8 Å². The molecule has 0 aromatic heterocycles. The Kier molecular flexibility index (Phi) is 0.945. The van der Waals surface area contributed by atoms with E-state index in [1.54, 1.807) is 0 Å². The molecule has 52 valence electrons. The Hall–Kier alpha value is -0.0800. The minimum Gasteiger partial charge on any atom is -0.327 e. The van der Waals surface area contributed by atoms with Crippen molar-refractivity contribution < 1.29 is 0 Å². The number of hydrogen-bond acceptors (Lipinski definition) is 2. The first-order valence-electron chi connectivity index (χ1n) is 3.67. The van der Waals surface area contributed by atoms with Crippen molar-refractivity contribution in [2.75, 3.05) is 13.6 Å². The molecule has 1 saturated heterocycles. The van der Waals surface area contributed by atoms with E-state index in [1.165, 1.54) is 6.54 Å². The van der Waals surface area contributed by atoms with Gasteiger partial charge in [0.15, 0.2) is 0 Å². The second kappa shape index (κ2) is 1.50. The van der Waals surface area contributed by atoms with Gasteiger partial charge in [0.05, 0.1) is 0 Å². The van der Waals surface area contributed by atoms with Crippen LogP contribution < -0.4 is 5.73 Å². The van der Waals surface area contributed by atoms with Crippen molar-refractivity contribution >= 4 is 0 Å². The SMILES string of the molecule is CC1C2[C@@H](N)[C@H]2CN1C. The smallest absolute Gasteiger partial charge is 0.0130 e. The minimum atomic E-state index is 0.538. The zero-order valence-corrected chi connectivity index (χ0v) is 6.04. The van der Waals surface area contributed by atoms with Crippen LogP contribution in [0.3, 0.4) is 0 Å². The molecule has 0 aromatic carbocycles. The number of piperidine rings is 1. The predicted octanol–water partition coefficient (Wildman–Crippen LogP) is -0.106. The summed E-state index contributed by atoms with van der Waals surface area (Å²) in [6.45, 7) is 3.50. The first kappa shape index (κ1) is 5.69. The third-order valence-corrected chi connectivity index (χ3v) is 3.04. The van der Waals surface area contributed by atoms with Crippen molar-refractivity contribution in [1.82, 2.24) is 4.90 Å². The average molecular weight is 126 g/mol. The third kappa shape index (κ3) is 0.578. The Morgan fingerprint density at radius 1 is 1.56 bits per heavy atom. The molecular formula is C7H14N2. The standard InChI is InChI=1S/C7H14N2/c1-4-6-5(7(6)8)3-9(4)2/h4-7H,3,8H2,1-2H3/t4?,5-,6?,7-/m0/s1. The van der Waals surface area contributed by atoms with Gasteiger partial charge in [0.25, 0.3) is 0 Å². The monoisotopic (exact) mass is 126 g/mol. The molecule has 0 amide bonds. The first-order chi connectivity index (χ1) is 4.22. The predicted molar refractivity (Wildman–Crippen MR) is 37.0 cm³/mol. The van der Waals surface area contributed by atoms with Crippen molar-refractivity contribution in [3.05, 3.63) is 0 Å². The fourth-order valence-corrected chi connectivity index (χ4v) is 2.14. The molecule has 1 aliphatic heterocycles. The summed E-state index contributed by atoms with van der Waals surface area (Å²) in [6, 6.07) is 1.28. The molecule has 2 rings (SSSR count). The van der Waals surface area contributed by atoms with E-state index in [1.807, 2.05) is 0 Å². The minimum absolute atomic E-state index is 0.538. The molecule has 1 aliphatic carbocycles. The zero-order chi connectivity index (χ0) is 6.59. The molecule has 4 atom stereocenters. The largest absolute Gasteiger partial charge is 0.327 e. The fourth-order valence-electron chi connectivity index (χ4n) is 2.14. The molecule has 9 heavy (non-hydrogen) atoms. The Morgan fingerprint density at radius 2 is 2.22 bits per heavy atom. The summed E-state index contributed by atoms with van der Waals surface area (Å²) in [5.41, 5.74) is 5.80. The lowest BCUT2D eigenvalue weighted by atomic mass is 10.2. The summed E-state index contributed by atoms with van der Waals surface area (Å²) in [5, 5.41) is 0. The number of nitrogens with two attached hydrogens (primary N) is 1. The molecule has 0 bridgehead atoms. The van der Waals surface area contributed by atoms with Crippen molar-refractivity contribution in [1.29, 1.82) is 0 Å². The van der Waals surface area contributed by atoms with E-state index >= 15 is 0 Å². The summed E-state index contributed by atoms with van der Waals surface area (Å²) in [5.74, 6) is 1.67. The normalized spacial score (nSPS) is 57.7. The van der Waals surface area contributed by atoms with Crippen LogP contribution in [0.4, 0.5) is 0 Å². The number of likely N-dealkylation sites (tertiary alicyclic amines) is 1. The molecular weight excluding hydrogens is 112 g/mol. The van der Waals surface area contributed by atoms with Crippen molar-refractivity contribution in [3.8, 4) is 0 Å². The average Bonchev–Trinajstić information content (AvgIpc) is 2.29. The highest BCUT2D eigenvalue weighted by atomic mass is 15.2. The fraction of sp³-hybridized carbons (Fsp3) is 1.00. The lowest BCUT2D eigenvalue weighted by Crippen LogP contribution is -2.31. The highest BCUT2D eigenvalue weighted by molar-refractivity contribution is 5.11. The van der Waals surface area contributed by atoms with Gasteiger partial charge < -0.3 is 10.6 Å². The maximum atomic E-state index is 5.80. The molecule has 1 heterocycles. The highest BCUT2D eigenvalue weighted by Crippen LogP contribution is 2.47. The van der Waals surface area contributed by atoms with Gasteiger partial charge in [-0.25, -0.2) is 0 Å². The van der Waals surface area contributed by atoms with Gasteiger partial charge in [-0.1, -0.05) is 0 Å². The van der Waals surface area contributed by atoms with E-state index in [4.69, 9.17) is 5.73 Å². The summed E-state index contributed by atoms with van der Waals surface area (Å²) in [7, 11) is 2.18. The van der Waals surface area contributed by atoms with Gasteiger partial charge in [-0.15, -0.1) is 0 Å². The highest BCUT2D eigenvalue weighted by Gasteiger charge is 2.56. The Balaban J connectivity index is 2.07. The summed E-state index contributed by atoms with van der Waals surface area (Å²) < 4.78 is 0. The van der Waals surface area contributed by atoms with Gasteiger partial charge >= 0.3 is 0 Å². The molecule has 0 aromatic rings. The second-order valence-corrected chi connectivity index (χ2v) is 3.50. The molecule has 2 unspecified atom stereocenters. The van der Waals surface area contributed by atoms with Crippen LogP contribution in [0.15, 0.2) is 0 Å². The van der Waals surface area contributed by atoms with Crippen LogP contribution in [-0.4, -0.2) is 30.6 Å². The van der Waals surface area contributed by atoms with Crippen LogP contribution in [-0.2, 0) is 0 Å².